The third-order valence-electron chi connectivity index (χ3n) is 3.39. The number of benzene rings is 2. The van der Waals surface area contributed by atoms with Crippen LogP contribution in [0.2, 0.25) is 0 Å². The van der Waals surface area contributed by atoms with Crippen molar-refractivity contribution in [1.29, 1.82) is 0 Å². The van der Waals surface area contributed by atoms with Gasteiger partial charge in [0, 0.05) is 24.1 Å². The van der Waals surface area contributed by atoms with E-state index >= 15 is 0 Å². The Balaban J connectivity index is 1.80. The zero-order valence-corrected chi connectivity index (χ0v) is 14.1. The lowest BCUT2D eigenvalue weighted by molar-refractivity contribution is -0.118. The molecule has 0 atom stereocenters. The van der Waals surface area contributed by atoms with Crippen molar-refractivity contribution in [2.24, 2.45) is 0 Å². The molecular weight excluding hydrogens is 308 g/mol. The van der Waals surface area contributed by atoms with Crippen molar-refractivity contribution in [2.45, 2.75) is 18.4 Å². The minimum atomic E-state index is -0.116. The molecular formula is C18H20N2O2S. The Bertz CT molecular complexity index is 684. The van der Waals surface area contributed by atoms with Crippen LogP contribution in [0, 0.1) is 6.92 Å². The number of carbonyl (C=O) groups excluding carboxylic acids is 2. The van der Waals surface area contributed by atoms with Crippen molar-refractivity contribution < 1.29 is 9.59 Å². The van der Waals surface area contributed by atoms with Gasteiger partial charge in [-0.2, -0.15) is 0 Å². The van der Waals surface area contributed by atoms with Crippen LogP contribution < -0.4 is 10.6 Å². The molecule has 0 fully saturated rings. The van der Waals surface area contributed by atoms with E-state index < -0.39 is 0 Å². The second kappa shape index (κ2) is 8.39. The molecule has 0 aromatic heterocycles. The number of hydrogen-bond donors (Lipinski definition) is 2. The molecule has 0 aliphatic rings. The third-order valence-corrected chi connectivity index (χ3v) is 4.56. The molecule has 2 amide bonds. The van der Waals surface area contributed by atoms with Gasteiger partial charge in [0.1, 0.15) is 0 Å². The molecule has 23 heavy (non-hydrogen) atoms. The second-order valence-electron chi connectivity index (χ2n) is 5.11. The van der Waals surface area contributed by atoms with Crippen LogP contribution in [0.4, 0.5) is 0 Å². The lowest BCUT2D eigenvalue weighted by Gasteiger charge is -2.07. The van der Waals surface area contributed by atoms with E-state index in [1.54, 1.807) is 19.2 Å². The molecule has 0 heterocycles. The van der Waals surface area contributed by atoms with Gasteiger partial charge in [-0.3, -0.25) is 9.59 Å². The topological polar surface area (TPSA) is 58.2 Å². The van der Waals surface area contributed by atoms with Crippen LogP contribution in [0.1, 0.15) is 21.5 Å². The molecule has 4 nitrogen and oxygen atoms in total. The highest BCUT2D eigenvalue weighted by molar-refractivity contribution is 8.00. The molecule has 0 aliphatic heterocycles. The predicted octanol–water partition coefficient (Wildman–Crippen LogP) is 2.76. The van der Waals surface area contributed by atoms with Gasteiger partial charge >= 0.3 is 0 Å². The fourth-order valence-electron chi connectivity index (χ4n) is 2.03. The van der Waals surface area contributed by atoms with Gasteiger partial charge in [0.15, 0.2) is 0 Å². The van der Waals surface area contributed by atoms with Gasteiger partial charge in [-0.1, -0.05) is 30.3 Å². The van der Waals surface area contributed by atoms with Crippen molar-refractivity contribution in [2.75, 3.05) is 12.8 Å². The Morgan fingerprint density at radius 1 is 1.04 bits per heavy atom. The van der Waals surface area contributed by atoms with E-state index in [2.05, 4.69) is 10.6 Å². The molecule has 0 saturated heterocycles. The minimum absolute atomic E-state index is 0.00590. The summed E-state index contributed by atoms with van der Waals surface area (Å²) in [6.07, 6.45) is 0. The number of aryl methyl sites for hydroxylation is 1. The summed E-state index contributed by atoms with van der Waals surface area (Å²) >= 11 is 1.53. The lowest BCUT2D eigenvalue weighted by Crippen LogP contribution is -2.24. The summed E-state index contributed by atoms with van der Waals surface area (Å²) < 4.78 is 0. The van der Waals surface area contributed by atoms with Crippen molar-refractivity contribution in [3.8, 4) is 0 Å². The molecule has 0 unspecified atom stereocenters. The van der Waals surface area contributed by atoms with Crippen LogP contribution in [0.5, 0.6) is 0 Å². The van der Waals surface area contributed by atoms with Crippen molar-refractivity contribution in [1.82, 2.24) is 10.6 Å². The molecule has 0 radical (unpaired) electrons. The van der Waals surface area contributed by atoms with E-state index in [1.807, 2.05) is 43.3 Å². The highest BCUT2D eigenvalue weighted by Crippen LogP contribution is 2.21. The van der Waals surface area contributed by atoms with Crippen molar-refractivity contribution >= 4 is 23.6 Å². The number of carbonyl (C=O) groups is 2. The Kier molecular flexibility index (Phi) is 6.23. The summed E-state index contributed by atoms with van der Waals surface area (Å²) in [7, 11) is 1.60. The lowest BCUT2D eigenvalue weighted by atomic mass is 10.1. The summed E-state index contributed by atoms with van der Waals surface area (Å²) in [5.41, 5.74) is 2.75. The summed E-state index contributed by atoms with van der Waals surface area (Å²) in [6, 6.07) is 15.2. The standard InChI is InChI=1S/C18H20N2O2S/c1-13-5-3-4-6-16(13)23-12-17(21)20-11-14-7-9-15(10-8-14)18(22)19-2/h3-10H,11-12H2,1-2H3,(H,19,22)(H,20,21). The SMILES string of the molecule is CNC(=O)c1ccc(CNC(=O)CSc2ccccc2C)cc1. The summed E-state index contributed by atoms with van der Waals surface area (Å²) in [5.74, 6) is 0.269. The second-order valence-corrected chi connectivity index (χ2v) is 6.12. The van der Waals surface area contributed by atoms with E-state index in [0.717, 1.165) is 10.5 Å². The van der Waals surface area contributed by atoms with Gasteiger partial charge < -0.3 is 10.6 Å². The predicted molar refractivity (Wildman–Crippen MR) is 93.6 cm³/mol. The minimum Gasteiger partial charge on any atom is -0.355 e. The average Bonchev–Trinajstić information content (AvgIpc) is 2.59. The molecule has 0 bridgehead atoms. The number of thioether (sulfide) groups is 1. The normalized spacial score (nSPS) is 10.2. The van der Waals surface area contributed by atoms with E-state index in [0.29, 0.717) is 17.9 Å². The number of rotatable bonds is 6. The van der Waals surface area contributed by atoms with E-state index in [9.17, 15) is 9.59 Å². The van der Waals surface area contributed by atoms with Gasteiger partial charge in [0.2, 0.25) is 5.91 Å². The molecule has 0 aliphatic carbocycles. The van der Waals surface area contributed by atoms with Gasteiger partial charge in [0.05, 0.1) is 5.75 Å². The average molecular weight is 328 g/mol. The number of nitrogens with one attached hydrogen (secondary N) is 2. The zero-order chi connectivity index (χ0) is 16.7. The molecule has 2 aromatic rings. The monoisotopic (exact) mass is 328 g/mol. The van der Waals surface area contributed by atoms with E-state index in [-0.39, 0.29) is 11.8 Å². The highest BCUT2D eigenvalue weighted by Gasteiger charge is 2.06. The third kappa shape index (κ3) is 5.14. The maximum absolute atomic E-state index is 11.9. The summed E-state index contributed by atoms with van der Waals surface area (Å²) in [6.45, 7) is 2.50. The first-order valence-electron chi connectivity index (χ1n) is 7.36. The first kappa shape index (κ1) is 17.1. The largest absolute Gasteiger partial charge is 0.355 e. The molecule has 2 N–H and O–H groups in total. The molecule has 120 valence electrons. The molecule has 0 spiro atoms. The Morgan fingerprint density at radius 2 is 1.74 bits per heavy atom. The number of hydrogen-bond acceptors (Lipinski definition) is 3. The Hall–Kier alpha value is -2.27. The van der Waals surface area contributed by atoms with Gasteiger partial charge in [-0.15, -0.1) is 11.8 Å². The molecule has 2 rings (SSSR count). The highest BCUT2D eigenvalue weighted by atomic mass is 32.2. The zero-order valence-electron chi connectivity index (χ0n) is 13.3. The smallest absolute Gasteiger partial charge is 0.251 e. The van der Waals surface area contributed by atoms with Crippen LogP contribution >= 0.6 is 11.8 Å². The Morgan fingerprint density at radius 3 is 2.39 bits per heavy atom. The van der Waals surface area contributed by atoms with Crippen LogP contribution in [-0.2, 0) is 11.3 Å². The fourth-order valence-corrected chi connectivity index (χ4v) is 2.89. The van der Waals surface area contributed by atoms with Crippen LogP contribution in [0.25, 0.3) is 0 Å². The maximum Gasteiger partial charge on any atom is 0.251 e. The van der Waals surface area contributed by atoms with Crippen molar-refractivity contribution in [3.63, 3.8) is 0 Å². The number of amides is 2. The fraction of sp³-hybridized carbons (Fsp3) is 0.222. The molecule has 5 heteroatoms. The van der Waals surface area contributed by atoms with Crippen LogP contribution in [0.3, 0.4) is 0 Å². The first-order chi connectivity index (χ1) is 11.1. The molecule has 0 saturated carbocycles. The summed E-state index contributed by atoms with van der Waals surface area (Å²) in [4.78, 5) is 24.5. The van der Waals surface area contributed by atoms with Gasteiger partial charge in [0.25, 0.3) is 5.91 Å². The first-order valence-corrected chi connectivity index (χ1v) is 8.35. The van der Waals surface area contributed by atoms with Crippen LogP contribution in [-0.4, -0.2) is 24.6 Å². The summed E-state index contributed by atoms with van der Waals surface area (Å²) in [5, 5.41) is 5.47. The quantitative estimate of drug-likeness (QED) is 0.802. The van der Waals surface area contributed by atoms with Gasteiger partial charge in [-0.05, 0) is 36.2 Å². The molecule has 2 aromatic carbocycles. The van der Waals surface area contributed by atoms with Gasteiger partial charge in [-0.25, -0.2) is 0 Å². The van der Waals surface area contributed by atoms with E-state index in [1.165, 1.54) is 17.3 Å². The Labute approximate surface area is 140 Å². The van der Waals surface area contributed by atoms with Crippen LogP contribution in [0.15, 0.2) is 53.4 Å². The van der Waals surface area contributed by atoms with Crippen molar-refractivity contribution in [3.05, 3.63) is 65.2 Å². The maximum atomic E-state index is 11.9. The van der Waals surface area contributed by atoms with E-state index in [4.69, 9.17) is 0 Å².